The number of esters is 1. The molecule has 122 valence electrons. The number of benzene rings is 1. The first-order valence-electron chi connectivity index (χ1n) is 7.62. The number of rotatable bonds is 7. The summed E-state index contributed by atoms with van der Waals surface area (Å²) in [4.78, 5) is 11.3. The van der Waals surface area contributed by atoms with Crippen LogP contribution in [-0.2, 0) is 19.0 Å². The van der Waals surface area contributed by atoms with Crippen LogP contribution >= 0.6 is 11.8 Å². The molecule has 3 atom stereocenters. The number of ether oxygens (including phenoxy) is 3. The molecular weight excluding hydrogens is 300 g/mol. The lowest BCUT2D eigenvalue weighted by Gasteiger charge is -2.34. The van der Waals surface area contributed by atoms with E-state index in [4.69, 9.17) is 14.2 Å². The summed E-state index contributed by atoms with van der Waals surface area (Å²) in [7, 11) is 3.18. The quantitative estimate of drug-likeness (QED) is 0.721. The van der Waals surface area contributed by atoms with Crippen molar-refractivity contribution in [3.8, 4) is 0 Å². The molecule has 0 bridgehead atoms. The summed E-state index contributed by atoms with van der Waals surface area (Å²) in [6, 6.07) is 10.3. The highest BCUT2D eigenvalue weighted by atomic mass is 32.2. The zero-order valence-corrected chi connectivity index (χ0v) is 14.0. The van der Waals surface area contributed by atoms with Gasteiger partial charge in [-0.3, -0.25) is 4.79 Å². The van der Waals surface area contributed by atoms with E-state index >= 15 is 0 Å². The van der Waals surface area contributed by atoms with E-state index in [0.717, 1.165) is 25.2 Å². The Morgan fingerprint density at radius 2 is 2.14 bits per heavy atom. The van der Waals surface area contributed by atoms with Gasteiger partial charge >= 0.3 is 5.97 Å². The van der Waals surface area contributed by atoms with Crippen molar-refractivity contribution in [3.63, 3.8) is 0 Å². The molecule has 1 aliphatic rings. The first-order chi connectivity index (χ1) is 10.7. The van der Waals surface area contributed by atoms with Crippen LogP contribution in [0.5, 0.6) is 0 Å². The van der Waals surface area contributed by atoms with Gasteiger partial charge in [-0.1, -0.05) is 30.3 Å². The summed E-state index contributed by atoms with van der Waals surface area (Å²) < 4.78 is 16.2. The van der Waals surface area contributed by atoms with Gasteiger partial charge in [-0.15, -0.1) is 0 Å². The predicted molar refractivity (Wildman–Crippen MR) is 88.0 cm³/mol. The van der Waals surface area contributed by atoms with Crippen LogP contribution in [0.15, 0.2) is 30.3 Å². The first-order valence-corrected chi connectivity index (χ1v) is 8.67. The maximum Gasteiger partial charge on any atom is 0.306 e. The smallest absolute Gasteiger partial charge is 0.306 e. The Bertz CT molecular complexity index is 451. The Balaban J connectivity index is 2.03. The summed E-state index contributed by atoms with van der Waals surface area (Å²) >= 11 is 1.76. The molecule has 1 fully saturated rings. The van der Waals surface area contributed by atoms with Gasteiger partial charge in [0.05, 0.1) is 31.0 Å². The van der Waals surface area contributed by atoms with E-state index < -0.39 is 0 Å². The third kappa shape index (κ3) is 5.00. The highest BCUT2D eigenvalue weighted by Crippen LogP contribution is 2.38. The van der Waals surface area contributed by atoms with Gasteiger partial charge in [-0.25, -0.2) is 0 Å². The Labute approximate surface area is 136 Å². The van der Waals surface area contributed by atoms with Crippen LogP contribution in [0.4, 0.5) is 0 Å². The maximum atomic E-state index is 11.3. The van der Waals surface area contributed by atoms with Gasteiger partial charge < -0.3 is 14.2 Å². The molecule has 3 unspecified atom stereocenters. The molecule has 22 heavy (non-hydrogen) atoms. The fourth-order valence-electron chi connectivity index (χ4n) is 2.65. The van der Waals surface area contributed by atoms with Gasteiger partial charge in [0, 0.05) is 25.9 Å². The molecule has 0 radical (unpaired) electrons. The van der Waals surface area contributed by atoms with Crippen LogP contribution in [0, 0.1) is 0 Å². The molecule has 1 aromatic rings. The van der Waals surface area contributed by atoms with Gasteiger partial charge in [-0.05, 0) is 12.0 Å². The molecule has 1 saturated heterocycles. The van der Waals surface area contributed by atoms with Crippen molar-refractivity contribution in [2.24, 2.45) is 0 Å². The molecule has 2 rings (SSSR count). The van der Waals surface area contributed by atoms with Gasteiger partial charge in [0.15, 0.2) is 0 Å². The van der Waals surface area contributed by atoms with Crippen LogP contribution in [0.2, 0.25) is 0 Å². The normalized spacial score (nSPS) is 23.0. The van der Waals surface area contributed by atoms with Gasteiger partial charge in [-0.2, -0.15) is 11.8 Å². The van der Waals surface area contributed by atoms with Crippen molar-refractivity contribution in [2.45, 2.75) is 36.7 Å². The maximum absolute atomic E-state index is 11.3. The summed E-state index contributed by atoms with van der Waals surface area (Å²) in [5.41, 5.74) is 1.24. The molecule has 0 aliphatic carbocycles. The van der Waals surface area contributed by atoms with E-state index in [1.54, 1.807) is 18.9 Å². The zero-order chi connectivity index (χ0) is 15.8. The average Bonchev–Trinajstić information content (AvgIpc) is 2.59. The Kier molecular flexibility index (Phi) is 7.22. The Hall–Kier alpha value is -1.04. The van der Waals surface area contributed by atoms with E-state index in [1.165, 1.54) is 12.7 Å². The van der Waals surface area contributed by atoms with Crippen molar-refractivity contribution in [3.05, 3.63) is 35.9 Å². The number of thioether (sulfide) groups is 1. The number of carbonyl (C=O) groups is 1. The second-order valence-corrected chi connectivity index (χ2v) is 6.57. The number of hydrogen-bond acceptors (Lipinski definition) is 5. The van der Waals surface area contributed by atoms with E-state index in [9.17, 15) is 4.79 Å². The minimum Gasteiger partial charge on any atom is -0.469 e. The topological polar surface area (TPSA) is 44.8 Å². The van der Waals surface area contributed by atoms with Gasteiger partial charge in [0.25, 0.3) is 0 Å². The molecule has 1 aromatic carbocycles. The van der Waals surface area contributed by atoms with Crippen LogP contribution in [-0.4, -0.2) is 44.8 Å². The van der Waals surface area contributed by atoms with E-state index in [-0.39, 0.29) is 23.4 Å². The molecule has 0 N–H and O–H groups in total. The Morgan fingerprint density at radius 3 is 2.82 bits per heavy atom. The van der Waals surface area contributed by atoms with Crippen LogP contribution in [0.3, 0.4) is 0 Å². The standard InChI is InChI=1S/C17H24O4S/c1-19-14-8-10-21-15(12-14)17(13-6-4-3-5-7-13)22-11-9-16(18)20-2/h3-7,14-15,17H,8-12H2,1-2H3. The van der Waals surface area contributed by atoms with Crippen molar-refractivity contribution >= 4 is 17.7 Å². The molecule has 0 amide bonds. The predicted octanol–water partition coefficient (Wildman–Crippen LogP) is 3.22. The molecule has 1 aliphatic heterocycles. The fourth-order valence-corrected chi connectivity index (χ4v) is 3.95. The Morgan fingerprint density at radius 1 is 1.36 bits per heavy atom. The molecule has 4 nitrogen and oxygen atoms in total. The molecular formula is C17H24O4S. The van der Waals surface area contributed by atoms with E-state index in [1.807, 2.05) is 18.2 Å². The summed E-state index contributed by atoms with van der Waals surface area (Å²) in [6.07, 6.45) is 2.63. The van der Waals surface area contributed by atoms with Crippen molar-refractivity contribution in [1.82, 2.24) is 0 Å². The lowest BCUT2D eigenvalue weighted by Crippen LogP contribution is -2.33. The zero-order valence-electron chi connectivity index (χ0n) is 13.2. The summed E-state index contributed by atoms with van der Waals surface area (Å²) in [5, 5.41) is 0.212. The second kappa shape index (κ2) is 9.18. The third-order valence-electron chi connectivity index (χ3n) is 3.90. The molecule has 0 spiro atoms. The molecule has 0 aromatic heterocycles. The monoisotopic (exact) mass is 324 g/mol. The van der Waals surface area contributed by atoms with Crippen LogP contribution < -0.4 is 0 Å². The number of carbonyl (C=O) groups excluding carboxylic acids is 1. The van der Waals surface area contributed by atoms with Crippen molar-refractivity contribution < 1.29 is 19.0 Å². The van der Waals surface area contributed by atoms with Crippen LogP contribution in [0.25, 0.3) is 0 Å². The fraction of sp³-hybridized carbons (Fsp3) is 0.588. The minimum absolute atomic E-state index is 0.115. The molecule has 5 heteroatoms. The molecule has 0 saturated carbocycles. The van der Waals surface area contributed by atoms with Crippen molar-refractivity contribution in [1.29, 1.82) is 0 Å². The van der Waals surface area contributed by atoms with Crippen LogP contribution in [0.1, 0.15) is 30.1 Å². The van der Waals surface area contributed by atoms with Gasteiger partial charge in [0.1, 0.15) is 0 Å². The van der Waals surface area contributed by atoms with Crippen molar-refractivity contribution in [2.75, 3.05) is 26.6 Å². The average molecular weight is 324 g/mol. The second-order valence-electron chi connectivity index (χ2n) is 5.32. The SMILES string of the molecule is COC(=O)CCSC(c1ccccc1)C1CC(OC)CCO1. The lowest BCUT2D eigenvalue weighted by molar-refractivity contribution is -0.140. The van der Waals surface area contributed by atoms with E-state index in [0.29, 0.717) is 6.42 Å². The third-order valence-corrected chi connectivity index (χ3v) is 5.27. The number of methoxy groups -OCH3 is 2. The highest BCUT2D eigenvalue weighted by molar-refractivity contribution is 7.99. The highest BCUT2D eigenvalue weighted by Gasteiger charge is 2.30. The first kappa shape index (κ1) is 17.3. The number of hydrogen-bond donors (Lipinski definition) is 0. The van der Waals surface area contributed by atoms with E-state index in [2.05, 4.69) is 12.1 Å². The summed E-state index contributed by atoms with van der Waals surface area (Å²) in [5.74, 6) is 0.558. The largest absolute Gasteiger partial charge is 0.469 e. The van der Waals surface area contributed by atoms with Gasteiger partial charge in [0.2, 0.25) is 0 Å². The molecule has 1 heterocycles. The summed E-state index contributed by atoms with van der Waals surface area (Å²) in [6.45, 7) is 0.726. The lowest BCUT2D eigenvalue weighted by atomic mass is 9.99. The minimum atomic E-state index is -0.168.